The summed E-state index contributed by atoms with van der Waals surface area (Å²) in [6.07, 6.45) is 0.239. The summed E-state index contributed by atoms with van der Waals surface area (Å²) >= 11 is 0. The number of fused-ring (bicyclic) bond motifs is 3. The van der Waals surface area contributed by atoms with E-state index in [0.29, 0.717) is 19.4 Å². The fraction of sp³-hybridized carbons (Fsp3) is 0.364. The van der Waals surface area contributed by atoms with Crippen LogP contribution in [0.3, 0.4) is 0 Å². The Morgan fingerprint density at radius 2 is 1.46 bits per heavy atom. The van der Waals surface area contributed by atoms with Crippen molar-refractivity contribution in [3.05, 3.63) is 95.6 Å². The second-order valence-electron chi connectivity index (χ2n) is 10.6. The van der Waals surface area contributed by atoms with E-state index >= 15 is 0 Å². The molecule has 216 valence electrons. The zero-order chi connectivity index (χ0) is 29.2. The minimum Gasteiger partial charge on any atom is -0.480 e. The Labute approximate surface area is 241 Å². The van der Waals surface area contributed by atoms with E-state index in [1.807, 2.05) is 61.5 Å². The van der Waals surface area contributed by atoms with Crippen molar-refractivity contribution >= 4 is 18.0 Å². The molecule has 3 aromatic carbocycles. The first-order chi connectivity index (χ1) is 19.8. The molecule has 3 aromatic rings. The highest BCUT2D eigenvalue weighted by Gasteiger charge is 2.29. The van der Waals surface area contributed by atoms with Gasteiger partial charge < -0.3 is 25.2 Å². The average molecular weight is 559 g/mol. The molecule has 0 aromatic heterocycles. The summed E-state index contributed by atoms with van der Waals surface area (Å²) in [4.78, 5) is 36.6. The van der Waals surface area contributed by atoms with Crippen LogP contribution in [0.1, 0.15) is 55.7 Å². The smallest absolute Gasteiger partial charge is 0.407 e. The normalized spacial score (nSPS) is 14.3. The third kappa shape index (κ3) is 8.17. The summed E-state index contributed by atoms with van der Waals surface area (Å²) in [6, 6.07) is 24.7. The van der Waals surface area contributed by atoms with E-state index < -0.39 is 24.2 Å². The maximum Gasteiger partial charge on any atom is 0.407 e. The summed E-state index contributed by atoms with van der Waals surface area (Å²) in [5.41, 5.74) is 5.61. The van der Waals surface area contributed by atoms with Crippen molar-refractivity contribution in [2.45, 2.75) is 57.8 Å². The Morgan fingerprint density at radius 3 is 2.10 bits per heavy atom. The van der Waals surface area contributed by atoms with Gasteiger partial charge in [0, 0.05) is 18.9 Å². The predicted molar refractivity (Wildman–Crippen MR) is 156 cm³/mol. The van der Waals surface area contributed by atoms with E-state index in [2.05, 4.69) is 34.9 Å². The van der Waals surface area contributed by atoms with Gasteiger partial charge in [0.05, 0.1) is 12.7 Å². The third-order valence-corrected chi connectivity index (χ3v) is 7.52. The van der Waals surface area contributed by atoms with Crippen molar-refractivity contribution in [2.75, 3.05) is 13.2 Å². The van der Waals surface area contributed by atoms with Crippen molar-refractivity contribution in [3.8, 4) is 11.1 Å². The Balaban J connectivity index is 1.14. The lowest BCUT2D eigenvalue weighted by Crippen LogP contribution is -2.48. The van der Waals surface area contributed by atoms with Gasteiger partial charge in [0.1, 0.15) is 6.61 Å². The van der Waals surface area contributed by atoms with Gasteiger partial charge in [-0.15, -0.1) is 0 Å². The van der Waals surface area contributed by atoms with Gasteiger partial charge in [-0.3, -0.25) is 4.79 Å². The topological polar surface area (TPSA) is 114 Å². The van der Waals surface area contributed by atoms with Gasteiger partial charge in [-0.25, -0.2) is 9.59 Å². The highest BCUT2D eigenvalue weighted by atomic mass is 16.5. The van der Waals surface area contributed by atoms with E-state index in [9.17, 15) is 19.5 Å². The number of rotatable bonds is 14. The molecular formula is C33H38N2O6. The largest absolute Gasteiger partial charge is 0.480 e. The van der Waals surface area contributed by atoms with Gasteiger partial charge in [-0.2, -0.15) is 0 Å². The SMILES string of the molecule is CC(CCNC(=O)OCC1c2ccccc2-c2ccccc21)CCC(=O)N[C@@H](C(=O)O)[C@H](C)OCc1ccccc1. The lowest BCUT2D eigenvalue weighted by Gasteiger charge is -2.22. The molecule has 8 heteroatoms. The maximum absolute atomic E-state index is 12.5. The van der Waals surface area contributed by atoms with Crippen molar-refractivity contribution < 1.29 is 29.0 Å². The molecule has 3 atom stereocenters. The molecule has 1 unspecified atom stereocenters. The van der Waals surface area contributed by atoms with Crippen LogP contribution in [-0.2, 0) is 25.7 Å². The molecule has 0 saturated heterocycles. The average Bonchev–Trinajstić information content (AvgIpc) is 3.30. The lowest BCUT2D eigenvalue weighted by atomic mass is 9.98. The summed E-state index contributed by atoms with van der Waals surface area (Å²) in [6.45, 7) is 4.57. The Kier molecular flexibility index (Phi) is 10.5. The molecular weight excluding hydrogens is 520 g/mol. The van der Waals surface area contributed by atoms with Crippen LogP contribution in [0.15, 0.2) is 78.9 Å². The van der Waals surface area contributed by atoms with Crippen LogP contribution in [0.25, 0.3) is 11.1 Å². The number of alkyl carbamates (subject to hydrolysis) is 1. The van der Waals surface area contributed by atoms with Crippen LogP contribution < -0.4 is 10.6 Å². The molecule has 0 saturated carbocycles. The maximum atomic E-state index is 12.5. The Bertz CT molecular complexity index is 1280. The standard InChI is InChI=1S/C33H38N2O6/c1-22(16-17-30(36)35-31(32(37)38)23(2)40-20-24-10-4-3-5-11-24)18-19-34-33(39)41-21-29-27-14-8-6-12-25(27)26-13-7-9-15-28(26)29/h3-15,22-23,29,31H,16-21H2,1-2H3,(H,34,39)(H,35,36)(H,37,38)/t22?,23-,31+/m0/s1. The van der Waals surface area contributed by atoms with Crippen LogP contribution in [0.5, 0.6) is 0 Å². The molecule has 0 aliphatic heterocycles. The monoisotopic (exact) mass is 558 g/mol. The minimum absolute atomic E-state index is 0.00618. The van der Waals surface area contributed by atoms with Crippen molar-refractivity contribution in [1.82, 2.24) is 10.6 Å². The van der Waals surface area contributed by atoms with Gasteiger partial charge in [0.25, 0.3) is 0 Å². The summed E-state index contributed by atoms with van der Waals surface area (Å²) in [7, 11) is 0. The lowest BCUT2D eigenvalue weighted by molar-refractivity contribution is -0.146. The first-order valence-corrected chi connectivity index (χ1v) is 14.1. The number of ether oxygens (including phenoxy) is 2. The summed E-state index contributed by atoms with van der Waals surface area (Å²) in [5, 5.41) is 15.0. The van der Waals surface area contributed by atoms with E-state index in [1.165, 1.54) is 11.1 Å². The highest BCUT2D eigenvalue weighted by Crippen LogP contribution is 2.44. The number of hydrogen-bond donors (Lipinski definition) is 3. The molecule has 2 amide bonds. The number of hydrogen-bond acceptors (Lipinski definition) is 5. The Hall–Kier alpha value is -4.17. The molecule has 41 heavy (non-hydrogen) atoms. The molecule has 8 nitrogen and oxygen atoms in total. The molecule has 4 rings (SSSR count). The quantitative estimate of drug-likeness (QED) is 0.241. The first-order valence-electron chi connectivity index (χ1n) is 14.1. The number of amides is 2. The molecule has 0 heterocycles. The third-order valence-electron chi connectivity index (χ3n) is 7.52. The van der Waals surface area contributed by atoms with Gasteiger partial charge in [0.15, 0.2) is 6.04 Å². The van der Waals surface area contributed by atoms with Crippen LogP contribution in [0, 0.1) is 5.92 Å². The number of aliphatic carboxylic acids is 1. The van der Waals surface area contributed by atoms with E-state index in [0.717, 1.165) is 16.7 Å². The van der Waals surface area contributed by atoms with Gasteiger partial charge in [0.2, 0.25) is 5.91 Å². The van der Waals surface area contributed by atoms with Crippen LogP contribution >= 0.6 is 0 Å². The van der Waals surface area contributed by atoms with Crippen molar-refractivity contribution in [2.24, 2.45) is 5.92 Å². The number of carbonyl (C=O) groups excluding carboxylic acids is 2. The molecule has 0 spiro atoms. The second-order valence-corrected chi connectivity index (χ2v) is 10.6. The van der Waals surface area contributed by atoms with Crippen LogP contribution in [-0.4, -0.2) is 48.4 Å². The number of carboxylic acid groups (broad SMARTS) is 1. The van der Waals surface area contributed by atoms with Gasteiger partial charge in [-0.05, 0) is 53.5 Å². The van der Waals surface area contributed by atoms with Crippen molar-refractivity contribution in [1.29, 1.82) is 0 Å². The summed E-state index contributed by atoms with van der Waals surface area (Å²) in [5.74, 6) is -1.33. The molecule has 1 aliphatic carbocycles. The molecule has 0 radical (unpaired) electrons. The van der Waals surface area contributed by atoms with Gasteiger partial charge in [-0.1, -0.05) is 85.8 Å². The number of benzene rings is 3. The van der Waals surface area contributed by atoms with E-state index in [4.69, 9.17) is 9.47 Å². The van der Waals surface area contributed by atoms with Crippen LogP contribution in [0.4, 0.5) is 4.79 Å². The number of carbonyl (C=O) groups is 3. The number of nitrogens with one attached hydrogen (secondary N) is 2. The zero-order valence-electron chi connectivity index (χ0n) is 23.5. The fourth-order valence-corrected chi connectivity index (χ4v) is 5.12. The highest BCUT2D eigenvalue weighted by molar-refractivity contribution is 5.84. The van der Waals surface area contributed by atoms with Crippen molar-refractivity contribution in [3.63, 3.8) is 0 Å². The van der Waals surface area contributed by atoms with E-state index in [-0.39, 0.29) is 37.4 Å². The molecule has 1 aliphatic rings. The molecule has 3 N–H and O–H groups in total. The van der Waals surface area contributed by atoms with Gasteiger partial charge >= 0.3 is 12.1 Å². The minimum atomic E-state index is -1.14. The second kappa shape index (κ2) is 14.5. The summed E-state index contributed by atoms with van der Waals surface area (Å²) < 4.78 is 11.3. The zero-order valence-corrected chi connectivity index (χ0v) is 23.5. The fourth-order valence-electron chi connectivity index (χ4n) is 5.12. The molecule has 0 fully saturated rings. The first kappa shape index (κ1) is 29.8. The molecule has 0 bridgehead atoms. The Morgan fingerprint density at radius 1 is 0.854 bits per heavy atom. The predicted octanol–water partition coefficient (Wildman–Crippen LogP) is 5.51. The number of carboxylic acids is 1. The van der Waals surface area contributed by atoms with Crippen LogP contribution in [0.2, 0.25) is 0 Å². The van der Waals surface area contributed by atoms with E-state index in [1.54, 1.807) is 6.92 Å².